The quantitative estimate of drug-likeness (QED) is 0.818. The number of nitrogens with one attached hydrogen (secondary N) is 1. The summed E-state index contributed by atoms with van der Waals surface area (Å²) in [6.45, 7) is 2.49. The van der Waals surface area contributed by atoms with E-state index in [-0.39, 0.29) is 5.54 Å². The van der Waals surface area contributed by atoms with E-state index >= 15 is 0 Å². The second-order valence-electron chi connectivity index (χ2n) is 6.00. The topological polar surface area (TPSA) is 39.1 Å². The maximum atomic E-state index is 9.43. The van der Waals surface area contributed by atoms with Crippen molar-refractivity contribution >= 4 is 0 Å². The lowest BCUT2D eigenvalue weighted by Crippen LogP contribution is -2.52. The molecule has 102 valence electrons. The first-order valence-corrected chi connectivity index (χ1v) is 7.64. The Morgan fingerprint density at radius 3 is 2.39 bits per heavy atom. The smallest absolute Gasteiger partial charge is 0.108 e. The lowest BCUT2D eigenvalue weighted by molar-refractivity contribution is 0.113. The molecular formula is C15H27N3. The van der Waals surface area contributed by atoms with Crippen molar-refractivity contribution in [2.45, 2.75) is 69.4 Å². The van der Waals surface area contributed by atoms with Crippen molar-refractivity contribution in [3.05, 3.63) is 0 Å². The van der Waals surface area contributed by atoms with Crippen molar-refractivity contribution in [2.24, 2.45) is 0 Å². The first kappa shape index (κ1) is 13.8. The Hall–Kier alpha value is -0.590. The molecule has 3 nitrogen and oxygen atoms in total. The lowest BCUT2D eigenvalue weighted by atomic mass is 9.79. The van der Waals surface area contributed by atoms with E-state index in [1.54, 1.807) is 0 Å². The largest absolute Gasteiger partial charge is 0.302 e. The van der Waals surface area contributed by atoms with Gasteiger partial charge in [0.15, 0.2) is 0 Å². The van der Waals surface area contributed by atoms with Crippen molar-refractivity contribution in [2.75, 3.05) is 20.1 Å². The second-order valence-corrected chi connectivity index (χ2v) is 6.00. The molecular weight excluding hydrogens is 222 g/mol. The molecule has 1 aliphatic heterocycles. The van der Waals surface area contributed by atoms with Crippen LogP contribution in [0.25, 0.3) is 0 Å². The Morgan fingerprint density at radius 1 is 1.11 bits per heavy atom. The third-order valence-corrected chi connectivity index (χ3v) is 4.82. The highest BCUT2D eigenvalue weighted by atomic mass is 15.2. The molecule has 0 aromatic rings. The molecule has 0 aromatic heterocycles. The molecule has 0 bridgehead atoms. The predicted octanol–water partition coefficient (Wildman–Crippen LogP) is 2.68. The van der Waals surface area contributed by atoms with E-state index in [9.17, 15) is 5.26 Å². The second kappa shape index (κ2) is 6.54. The van der Waals surface area contributed by atoms with E-state index in [2.05, 4.69) is 16.3 Å². The van der Waals surface area contributed by atoms with Crippen molar-refractivity contribution in [1.29, 1.82) is 5.26 Å². The molecule has 1 N–H and O–H groups in total. The van der Waals surface area contributed by atoms with Gasteiger partial charge in [-0.3, -0.25) is 0 Å². The highest BCUT2D eigenvalue weighted by molar-refractivity contribution is 5.10. The molecule has 2 unspecified atom stereocenters. The summed E-state index contributed by atoms with van der Waals surface area (Å²) in [5.41, 5.74) is -0.259. The van der Waals surface area contributed by atoms with Gasteiger partial charge in [0.2, 0.25) is 0 Å². The summed E-state index contributed by atoms with van der Waals surface area (Å²) >= 11 is 0. The maximum absolute atomic E-state index is 9.43. The van der Waals surface area contributed by atoms with Gasteiger partial charge in [-0.1, -0.05) is 19.3 Å². The minimum absolute atomic E-state index is 0.259. The fraction of sp³-hybridized carbons (Fsp3) is 0.933. The molecule has 1 saturated carbocycles. The summed E-state index contributed by atoms with van der Waals surface area (Å²) in [5.74, 6) is 0. The summed E-state index contributed by atoms with van der Waals surface area (Å²) < 4.78 is 0. The van der Waals surface area contributed by atoms with Crippen molar-refractivity contribution in [3.63, 3.8) is 0 Å². The van der Waals surface area contributed by atoms with Crippen molar-refractivity contribution in [3.8, 4) is 6.07 Å². The molecule has 0 aromatic carbocycles. The van der Waals surface area contributed by atoms with Crippen LogP contribution in [0.2, 0.25) is 0 Å². The molecule has 0 amide bonds. The molecule has 1 heterocycles. The van der Waals surface area contributed by atoms with Crippen LogP contribution in [0.5, 0.6) is 0 Å². The highest BCUT2D eigenvalue weighted by Gasteiger charge is 2.37. The summed E-state index contributed by atoms with van der Waals surface area (Å²) in [7, 11) is 1.94. The first-order valence-electron chi connectivity index (χ1n) is 7.64. The number of hydrogen-bond acceptors (Lipinski definition) is 3. The Kier molecular flexibility index (Phi) is 5.03. The van der Waals surface area contributed by atoms with Gasteiger partial charge >= 0.3 is 0 Å². The van der Waals surface area contributed by atoms with E-state index in [1.165, 1.54) is 58.0 Å². The standard InChI is InChI=1S/C15H27N3/c1-17-15(13-16)9-7-8-14(12-15)18-10-5-3-2-4-6-11-18/h14,17H,2-12H2,1H3. The number of likely N-dealkylation sites (tertiary alicyclic amines) is 1. The van der Waals surface area contributed by atoms with Gasteiger partial charge in [-0.05, 0) is 58.7 Å². The van der Waals surface area contributed by atoms with Crippen LogP contribution >= 0.6 is 0 Å². The van der Waals surface area contributed by atoms with Gasteiger partial charge < -0.3 is 10.2 Å². The van der Waals surface area contributed by atoms with E-state index < -0.39 is 0 Å². The molecule has 2 rings (SSSR count). The molecule has 0 spiro atoms. The van der Waals surface area contributed by atoms with E-state index in [4.69, 9.17) is 0 Å². The van der Waals surface area contributed by atoms with Crippen LogP contribution in [-0.4, -0.2) is 36.6 Å². The van der Waals surface area contributed by atoms with Gasteiger partial charge in [0.25, 0.3) is 0 Å². The van der Waals surface area contributed by atoms with E-state index in [1.807, 2.05) is 7.05 Å². The summed E-state index contributed by atoms with van der Waals surface area (Å²) in [5, 5.41) is 12.7. The van der Waals surface area contributed by atoms with Crippen LogP contribution in [0, 0.1) is 11.3 Å². The summed E-state index contributed by atoms with van der Waals surface area (Å²) in [4.78, 5) is 2.67. The van der Waals surface area contributed by atoms with Gasteiger partial charge in [0.1, 0.15) is 5.54 Å². The van der Waals surface area contributed by atoms with Crippen LogP contribution in [0.1, 0.15) is 57.8 Å². The molecule has 3 heteroatoms. The number of nitrogens with zero attached hydrogens (tertiary/aromatic N) is 2. The number of nitriles is 1. The summed E-state index contributed by atoms with van der Waals surface area (Å²) in [6.07, 6.45) is 11.4. The molecule has 0 radical (unpaired) electrons. The molecule has 2 atom stereocenters. The van der Waals surface area contributed by atoms with Gasteiger partial charge in [-0.15, -0.1) is 0 Å². The Balaban J connectivity index is 1.96. The zero-order valence-electron chi connectivity index (χ0n) is 11.7. The zero-order valence-corrected chi connectivity index (χ0v) is 11.7. The monoisotopic (exact) mass is 249 g/mol. The number of hydrogen-bond donors (Lipinski definition) is 1. The molecule has 2 aliphatic rings. The molecule has 18 heavy (non-hydrogen) atoms. The normalized spacial score (nSPS) is 35.4. The Labute approximate surface area is 112 Å². The van der Waals surface area contributed by atoms with Crippen molar-refractivity contribution in [1.82, 2.24) is 10.2 Å². The van der Waals surface area contributed by atoms with Gasteiger partial charge in [0, 0.05) is 6.04 Å². The fourth-order valence-electron chi connectivity index (χ4n) is 3.58. The highest BCUT2D eigenvalue weighted by Crippen LogP contribution is 2.31. The molecule has 2 fully saturated rings. The summed E-state index contributed by atoms with van der Waals surface area (Å²) in [6, 6.07) is 3.16. The lowest BCUT2D eigenvalue weighted by Gasteiger charge is -2.41. The minimum Gasteiger partial charge on any atom is -0.302 e. The SMILES string of the molecule is CNC1(C#N)CCCC(N2CCCCCCC2)C1. The maximum Gasteiger partial charge on any atom is 0.108 e. The minimum atomic E-state index is -0.259. The van der Waals surface area contributed by atoms with E-state index in [0.29, 0.717) is 6.04 Å². The zero-order chi connectivity index (χ0) is 12.8. The van der Waals surface area contributed by atoms with Crippen molar-refractivity contribution < 1.29 is 0 Å². The number of rotatable bonds is 2. The fourth-order valence-corrected chi connectivity index (χ4v) is 3.58. The molecule has 1 aliphatic carbocycles. The third kappa shape index (κ3) is 3.24. The predicted molar refractivity (Wildman–Crippen MR) is 74.3 cm³/mol. The van der Waals surface area contributed by atoms with Crippen LogP contribution < -0.4 is 5.32 Å². The van der Waals surface area contributed by atoms with Gasteiger partial charge in [-0.2, -0.15) is 5.26 Å². The van der Waals surface area contributed by atoms with Crippen LogP contribution in [0.15, 0.2) is 0 Å². The van der Waals surface area contributed by atoms with Crippen LogP contribution in [-0.2, 0) is 0 Å². The Morgan fingerprint density at radius 2 is 1.78 bits per heavy atom. The van der Waals surface area contributed by atoms with Crippen LogP contribution in [0.4, 0.5) is 0 Å². The third-order valence-electron chi connectivity index (χ3n) is 4.82. The molecule has 1 saturated heterocycles. The average Bonchev–Trinajstić information content (AvgIpc) is 2.38. The van der Waals surface area contributed by atoms with E-state index in [0.717, 1.165) is 12.8 Å². The first-order chi connectivity index (χ1) is 8.79. The average molecular weight is 249 g/mol. The Bertz CT molecular complexity index is 289. The van der Waals surface area contributed by atoms with Gasteiger partial charge in [0.05, 0.1) is 6.07 Å². The van der Waals surface area contributed by atoms with Gasteiger partial charge in [-0.25, -0.2) is 0 Å². The van der Waals surface area contributed by atoms with Crippen LogP contribution in [0.3, 0.4) is 0 Å².